The fraction of sp³-hybridized carbons (Fsp3) is 0.391. The van der Waals surface area contributed by atoms with Crippen LogP contribution < -0.4 is 15.8 Å². The highest BCUT2D eigenvalue weighted by atomic mass is 35.5. The number of halogens is 4. The highest BCUT2D eigenvalue weighted by Crippen LogP contribution is 2.36. The van der Waals surface area contributed by atoms with Gasteiger partial charge in [-0.2, -0.15) is 13.2 Å². The fourth-order valence-corrected chi connectivity index (χ4v) is 5.25. The lowest BCUT2D eigenvalue weighted by Gasteiger charge is -2.34. The molecular weight excluding hydrogens is 473 g/mol. The van der Waals surface area contributed by atoms with Gasteiger partial charge in [0.2, 0.25) is 0 Å². The average molecular weight is 497 g/mol. The van der Waals surface area contributed by atoms with E-state index in [1.165, 1.54) is 11.5 Å². The lowest BCUT2D eigenvalue weighted by Crippen LogP contribution is -2.40. The minimum atomic E-state index is -4.48. The van der Waals surface area contributed by atoms with Crippen LogP contribution in [0.5, 0.6) is 0 Å². The maximum Gasteiger partial charge on any atom is 0.417 e. The Balaban J connectivity index is 1.50. The second-order valence-electron chi connectivity index (χ2n) is 8.32. The van der Waals surface area contributed by atoms with Crippen molar-refractivity contribution in [1.82, 2.24) is 8.94 Å². The van der Waals surface area contributed by atoms with Crippen molar-refractivity contribution in [3.63, 3.8) is 0 Å². The Bertz CT molecular complexity index is 1170. The molecule has 1 aliphatic heterocycles. The summed E-state index contributed by atoms with van der Waals surface area (Å²) in [6, 6.07) is 10.8. The first kappa shape index (κ1) is 23.6. The normalized spacial score (nSPS) is 15.3. The molecule has 1 aromatic carbocycles. The van der Waals surface area contributed by atoms with E-state index in [1.54, 1.807) is 3.96 Å². The third kappa shape index (κ3) is 5.04. The fourth-order valence-electron chi connectivity index (χ4n) is 3.90. The molecule has 176 valence electrons. The molecule has 0 saturated carbocycles. The average Bonchev–Trinajstić information content (AvgIpc) is 3.11. The molecule has 33 heavy (non-hydrogen) atoms. The van der Waals surface area contributed by atoms with Crippen molar-refractivity contribution >= 4 is 34.6 Å². The minimum Gasteiger partial charge on any atom is -0.376 e. The van der Waals surface area contributed by atoms with E-state index in [0.717, 1.165) is 22.7 Å². The molecule has 2 aromatic heterocycles. The third-order valence-corrected chi connectivity index (χ3v) is 7.31. The van der Waals surface area contributed by atoms with Crippen LogP contribution in [-0.2, 0) is 6.18 Å². The summed E-state index contributed by atoms with van der Waals surface area (Å²) in [7, 11) is 0. The minimum absolute atomic E-state index is 0.0137. The molecule has 5 nitrogen and oxygen atoms in total. The van der Waals surface area contributed by atoms with Crippen molar-refractivity contribution in [2.24, 2.45) is 0 Å². The van der Waals surface area contributed by atoms with Gasteiger partial charge < -0.3 is 10.2 Å². The van der Waals surface area contributed by atoms with Gasteiger partial charge in [0.05, 0.1) is 15.5 Å². The van der Waals surface area contributed by atoms with E-state index in [4.69, 9.17) is 11.6 Å². The van der Waals surface area contributed by atoms with Crippen LogP contribution in [0.1, 0.15) is 38.3 Å². The zero-order valence-electron chi connectivity index (χ0n) is 18.2. The summed E-state index contributed by atoms with van der Waals surface area (Å²) < 4.78 is 40.4. The van der Waals surface area contributed by atoms with Crippen molar-refractivity contribution in [1.29, 1.82) is 0 Å². The van der Waals surface area contributed by atoms with Crippen molar-refractivity contribution in [2.75, 3.05) is 23.3 Å². The molecule has 0 amide bonds. The van der Waals surface area contributed by atoms with Crippen LogP contribution in [0.15, 0.2) is 47.4 Å². The SMILES string of the molecule is CC(C)n1sc(-c2ccccc2)c(NC2CCN(c3ncc(C(F)(F)F)cc3Cl)CC2)c1=O. The number of rotatable bonds is 5. The summed E-state index contributed by atoms with van der Waals surface area (Å²) in [6.45, 7) is 5.10. The highest BCUT2D eigenvalue weighted by molar-refractivity contribution is 7.11. The Morgan fingerprint density at radius 3 is 2.42 bits per heavy atom. The number of alkyl halides is 3. The first-order valence-corrected chi connectivity index (χ1v) is 11.9. The molecule has 0 unspecified atom stereocenters. The predicted molar refractivity (Wildman–Crippen MR) is 128 cm³/mol. The monoisotopic (exact) mass is 496 g/mol. The van der Waals surface area contributed by atoms with Crippen LogP contribution in [0.3, 0.4) is 0 Å². The summed E-state index contributed by atoms with van der Waals surface area (Å²) in [5.74, 6) is 0.353. The van der Waals surface area contributed by atoms with Gasteiger partial charge in [-0.3, -0.25) is 8.75 Å². The molecule has 0 radical (unpaired) electrons. The van der Waals surface area contributed by atoms with Crippen LogP contribution in [-0.4, -0.2) is 28.1 Å². The molecule has 0 aliphatic carbocycles. The van der Waals surface area contributed by atoms with E-state index >= 15 is 0 Å². The number of nitrogens with zero attached hydrogens (tertiary/aromatic N) is 3. The van der Waals surface area contributed by atoms with Gasteiger partial charge in [-0.25, -0.2) is 4.98 Å². The predicted octanol–water partition coefficient (Wildman–Crippen LogP) is 6.31. The van der Waals surface area contributed by atoms with Crippen LogP contribution in [0.25, 0.3) is 10.4 Å². The summed E-state index contributed by atoms with van der Waals surface area (Å²) in [4.78, 5) is 19.9. The van der Waals surface area contributed by atoms with Gasteiger partial charge in [0.1, 0.15) is 11.5 Å². The van der Waals surface area contributed by atoms with Gasteiger partial charge in [0.25, 0.3) is 5.56 Å². The summed E-state index contributed by atoms with van der Waals surface area (Å²) >= 11 is 7.56. The van der Waals surface area contributed by atoms with E-state index in [9.17, 15) is 18.0 Å². The molecule has 1 saturated heterocycles. The Kier molecular flexibility index (Phi) is 6.72. The topological polar surface area (TPSA) is 50.2 Å². The number of anilines is 2. The number of pyridine rings is 1. The van der Waals surface area contributed by atoms with Crippen LogP contribution in [0.2, 0.25) is 5.02 Å². The zero-order chi connectivity index (χ0) is 23.8. The van der Waals surface area contributed by atoms with Gasteiger partial charge >= 0.3 is 6.18 Å². The van der Waals surface area contributed by atoms with Gasteiger partial charge in [-0.05, 0) is 38.3 Å². The van der Waals surface area contributed by atoms with Crippen LogP contribution >= 0.6 is 23.1 Å². The van der Waals surface area contributed by atoms with Gasteiger partial charge in [-0.1, -0.05) is 53.5 Å². The molecule has 0 bridgehead atoms. The summed E-state index contributed by atoms with van der Waals surface area (Å²) in [5.41, 5.74) is 0.688. The smallest absolute Gasteiger partial charge is 0.376 e. The van der Waals surface area contributed by atoms with Gasteiger partial charge in [0, 0.05) is 31.4 Å². The van der Waals surface area contributed by atoms with Gasteiger partial charge in [0.15, 0.2) is 0 Å². The number of aromatic nitrogens is 2. The van der Waals surface area contributed by atoms with E-state index in [0.29, 0.717) is 37.4 Å². The maximum atomic E-state index is 13.1. The van der Waals surface area contributed by atoms with Crippen molar-refractivity contribution in [3.05, 3.63) is 63.5 Å². The molecule has 0 atom stereocenters. The van der Waals surface area contributed by atoms with Crippen molar-refractivity contribution in [2.45, 2.75) is 44.9 Å². The second kappa shape index (κ2) is 9.38. The Morgan fingerprint density at radius 2 is 1.85 bits per heavy atom. The highest BCUT2D eigenvalue weighted by Gasteiger charge is 2.32. The quantitative estimate of drug-likeness (QED) is 0.450. The number of nitrogens with one attached hydrogen (secondary N) is 1. The lowest BCUT2D eigenvalue weighted by atomic mass is 10.0. The Morgan fingerprint density at radius 1 is 1.18 bits per heavy atom. The van der Waals surface area contributed by atoms with E-state index < -0.39 is 11.7 Å². The third-order valence-electron chi connectivity index (χ3n) is 5.63. The summed E-state index contributed by atoms with van der Waals surface area (Å²) in [5, 5.41) is 3.44. The molecule has 10 heteroatoms. The molecule has 4 rings (SSSR count). The maximum absolute atomic E-state index is 13.1. The number of benzene rings is 1. The first-order valence-electron chi connectivity index (χ1n) is 10.7. The zero-order valence-corrected chi connectivity index (χ0v) is 19.8. The molecule has 0 spiro atoms. The molecule has 3 heterocycles. The number of hydrogen-bond acceptors (Lipinski definition) is 5. The number of hydrogen-bond donors (Lipinski definition) is 1. The molecule has 1 fully saturated rings. The second-order valence-corrected chi connectivity index (χ2v) is 9.71. The van der Waals surface area contributed by atoms with Crippen molar-refractivity contribution in [3.8, 4) is 10.4 Å². The van der Waals surface area contributed by atoms with E-state index in [1.807, 2.05) is 49.1 Å². The Hall–Kier alpha value is -2.52. The number of piperidine rings is 1. The van der Waals surface area contributed by atoms with Gasteiger partial charge in [-0.15, -0.1) is 0 Å². The lowest BCUT2D eigenvalue weighted by molar-refractivity contribution is -0.137. The standard InChI is InChI=1S/C23H24ClF3N4OS/c1-14(2)31-22(32)19(20(33-31)15-6-4-3-5-7-15)29-17-8-10-30(11-9-17)21-18(24)12-16(13-28-21)23(25,26)27/h3-7,12-14,17,29H,8-11H2,1-2H3. The van der Waals surface area contributed by atoms with E-state index in [-0.39, 0.29) is 22.7 Å². The molecule has 1 N–H and O–H groups in total. The summed E-state index contributed by atoms with van der Waals surface area (Å²) in [6.07, 6.45) is -2.27. The molecule has 3 aromatic rings. The van der Waals surface area contributed by atoms with E-state index in [2.05, 4.69) is 10.3 Å². The Labute approximate surface area is 199 Å². The van der Waals surface area contributed by atoms with Crippen molar-refractivity contribution < 1.29 is 13.2 Å². The largest absolute Gasteiger partial charge is 0.417 e. The molecular formula is C23H24ClF3N4OS. The first-order chi connectivity index (χ1) is 15.6. The van der Waals surface area contributed by atoms with Crippen LogP contribution in [0, 0.1) is 0 Å². The molecule has 1 aliphatic rings. The van der Waals surface area contributed by atoms with Crippen LogP contribution in [0.4, 0.5) is 24.7 Å².